The van der Waals surface area contributed by atoms with Crippen LogP contribution in [0.2, 0.25) is 0 Å². The number of para-hydroxylation sites is 1. The van der Waals surface area contributed by atoms with Crippen LogP contribution in [-0.4, -0.2) is 87.7 Å². The lowest BCUT2D eigenvalue weighted by Crippen LogP contribution is -2.54. The Morgan fingerprint density at radius 1 is 1.10 bits per heavy atom. The van der Waals surface area contributed by atoms with Gasteiger partial charge in [0, 0.05) is 50.0 Å². The number of anilines is 3. The number of rotatable bonds is 4. The van der Waals surface area contributed by atoms with Gasteiger partial charge in [-0.2, -0.15) is 0 Å². The number of aromatic hydroxyl groups is 1. The Balaban J connectivity index is 1.15. The van der Waals surface area contributed by atoms with E-state index in [0.717, 1.165) is 63.7 Å². The number of nitrogens with two attached hydrogens (primary N) is 1. The van der Waals surface area contributed by atoms with Crippen LogP contribution in [0.5, 0.6) is 5.75 Å². The second-order valence-corrected chi connectivity index (χ2v) is 10.5. The van der Waals surface area contributed by atoms with E-state index in [0.29, 0.717) is 35.0 Å². The summed E-state index contributed by atoms with van der Waals surface area (Å²) in [6.07, 6.45) is 5.42. The molecule has 0 aliphatic carbocycles. The average molecular weight is 527 g/mol. The molecular formula is C29H34N8O2. The molecule has 0 spiro atoms. The lowest BCUT2D eigenvalue weighted by molar-refractivity contribution is -0.101. The predicted octanol–water partition coefficient (Wildman–Crippen LogP) is 2.54. The zero-order valence-corrected chi connectivity index (χ0v) is 22.2. The normalized spacial score (nSPS) is 23.3. The molecule has 2 unspecified atom stereocenters. The Morgan fingerprint density at radius 3 is 2.79 bits per heavy atom. The number of nitrogens with zero attached hydrogens (tertiary/aromatic N) is 7. The molecule has 4 fully saturated rings. The summed E-state index contributed by atoms with van der Waals surface area (Å²) in [5.41, 5.74) is 8.32. The second kappa shape index (κ2) is 11.0. The van der Waals surface area contributed by atoms with Crippen LogP contribution < -0.4 is 15.5 Å². The molecule has 4 aliphatic rings. The third kappa shape index (κ3) is 5.46. The van der Waals surface area contributed by atoms with Crippen molar-refractivity contribution in [1.29, 1.82) is 0 Å². The highest BCUT2D eigenvalue weighted by molar-refractivity contribution is 5.74. The number of phenols is 1. The molecule has 10 heteroatoms. The van der Waals surface area contributed by atoms with E-state index < -0.39 is 0 Å². The van der Waals surface area contributed by atoms with Gasteiger partial charge in [-0.1, -0.05) is 18.1 Å². The molecule has 39 heavy (non-hydrogen) atoms. The van der Waals surface area contributed by atoms with Gasteiger partial charge in [-0.05, 0) is 56.4 Å². The minimum absolute atomic E-state index is 0.165. The first-order chi connectivity index (χ1) is 19.0. The van der Waals surface area contributed by atoms with Crippen molar-refractivity contribution in [3.8, 4) is 28.8 Å². The van der Waals surface area contributed by atoms with Gasteiger partial charge in [0.2, 0.25) is 5.82 Å². The van der Waals surface area contributed by atoms with Crippen molar-refractivity contribution in [3.63, 3.8) is 0 Å². The first-order valence-electron chi connectivity index (χ1n) is 13.7. The van der Waals surface area contributed by atoms with E-state index in [-0.39, 0.29) is 11.8 Å². The highest BCUT2D eigenvalue weighted by Gasteiger charge is 2.33. The van der Waals surface area contributed by atoms with Gasteiger partial charge in [-0.3, -0.25) is 4.90 Å². The SMILES string of the molecule is C[C@@H]1CCN(c2cc(-c3ccccc3O)nnc2N)CCN1c1ccnc(C#CCN2CC3CCC2CO3)n1. The molecule has 0 radical (unpaired) electrons. The number of morpholine rings is 1. The lowest BCUT2D eigenvalue weighted by Gasteiger charge is -2.44. The quantitative estimate of drug-likeness (QED) is 0.491. The molecule has 202 valence electrons. The maximum Gasteiger partial charge on any atom is 0.206 e. The number of hydrogen-bond donors (Lipinski definition) is 2. The Morgan fingerprint density at radius 2 is 2.00 bits per heavy atom. The van der Waals surface area contributed by atoms with Crippen molar-refractivity contribution in [2.24, 2.45) is 0 Å². The van der Waals surface area contributed by atoms with Crippen molar-refractivity contribution < 1.29 is 9.84 Å². The minimum Gasteiger partial charge on any atom is -0.507 e. The maximum absolute atomic E-state index is 10.3. The summed E-state index contributed by atoms with van der Waals surface area (Å²) in [6.45, 7) is 7.03. The zero-order valence-electron chi connectivity index (χ0n) is 22.2. The molecule has 7 rings (SSSR count). The topological polar surface area (TPSA) is 117 Å². The molecule has 0 amide bonds. The van der Waals surface area contributed by atoms with Crippen LogP contribution in [-0.2, 0) is 4.74 Å². The smallest absolute Gasteiger partial charge is 0.206 e. The molecule has 0 saturated carbocycles. The number of hydrogen-bond acceptors (Lipinski definition) is 10. The van der Waals surface area contributed by atoms with Crippen molar-refractivity contribution in [1.82, 2.24) is 25.1 Å². The van der Waals surface area contributed by atoms with Gasteiger partial charge in [-0.25, -0.2) is 9.97 Å². The molecule has 4 aliphatic heterocycles. The maximum atomic E-state index is 10.3. The molecular weight excluding hydrogens is 492 g/mol. The molecule has 3 atom stereocenters. The summed E-state index contributed by atoms with van der Waals surface area (Å²) in [4.78, 5) is 16.2. The summed E-state index contributed by atoms with van der Waals surface area (Å²) in [5.74, 6) is 8.45. The highest BCUT2D eigenvalue weighted by atomic mass is 16.5. The zero-order chi connectivity index (χ0) is 26.8. The highest BCUT2D eigenvalue weighted by Crippen LogP contribution is 2.32. The van der Waals surface area contributed by atoms with Gasteiger partial charge in [0.25, 0.3) is 0 Å². The van der Waals surface area contributed by atoms with Crippen molar-refractivity contribution in [2.75, 3.05) is 54.9 Å². The van der Waals surface area contributed by atoms with Crippen molar-refractivity contribution >= 4 is 17.3 Å². The van der Waals surface area contributed by atoms with Gasteiger partial charge in [0.1, 0.15) is 11.6 Å². The largest absolute Gasteiger partial charge is 0.507 e. The average Bonchev–Trinajstić information content (AvgIpc) is 3.16. The minimum atomic E-state index is 0.165. The van der Waals surface area contributed by atoms with Crippen molar-refractivity contribution in [2.45, 2.75) is 44.4 Å². The number of piperidine rings is 1. The van der Waals surface area contributed by atoms with E-state index in [9.17, 15) is 5.11 Å². The van der Waals surface area contributed by atoms with E-state index in [4.69, 9.17) is 15.5 Å². The summed E-state index contributed by atoms with van der Waals surface area (Å²) in [6, 6.07) is 11.7. The number of benzene rings is 1. The molecule has 1 aromatic carbocycles. The Hall–Kier alpha value is -3.94. The number of aromatic nitrogens is 4. The molecule has 6 heterocycles. The predicted molar refractivity (Wildman–Crippen MR) is 150 cm³/mol. The number of fused-ring (bicyclic) bond motifs is 3. The van der Waals surface area contributed by atoms with E-state index in [1.165, 1.54) is 6.42 Å². The van der Waals surface area contributed by atoms with Gasteiger partial charge < -0.3 is 25.4 Å². The first-order valence-corrected chi connectivity index (χ1v) is 13.7. The summed E-state index contributed by atoms with van der Waals surface area (Å²) >= 11 is 0. The van der Waals surface area contributed by atoms with E-state index in [1.54, 1.807) is 18.3 Å². The number of nitrogen functional groups attached to an aromatic ring is 1. The Bertz CT molecular complexity index is 1380. The fourth-order valence-corrected chi connectivity index (χ4v) is 5.72. The summed E-state index contributed by atoms with van der Waals surface area (Å²) in [7, 11) is 0. The molecule has 2 bridgehead atoms. The van der Waals surface area contributed by atoms with Gasteiger partial charge in [0.05, 0.1) is 30.6 Å². The van der Waals surface area contributed by atoms with Crippen LogP contribution in [0.15, 0.2) is 42.6 Å². The van der Waals surface area contributed by atoms with Gasteiger partial charge >= 0.3 is 0 Å². The van der Waals surface area contributed by atoms with Gasteiger partial charge in [0.15, 0.2) is 5.82 Å². The van der Waals surface area contributed by atoms with Crippen LogP contribution in [0.1, 0.15) is 32.0 Å². The standard InChI is InChI=1S/C29H34N8O2/c1-20-11-14-35(25-17-24(33-34-29(25)30)23-5-2-3-6-26(23)38)15-16-37(20)28-10-12-31-27(32-28)7-4-13-36-18-22-9-8-21(36)19-39-22/h2-3,5-6,10,12,17,20-22,38H,8-9,11,13-16,18-19H2,1H3,(H2,30,34)/t20-,21?,22?/m1/s1. The summed E-state index contributed by atoms with van der Waals surface area (Å²) < 4.78 is 5.80. The molecule has 10 nitrogen and oxygen atoms in total. The lowest BCUT2D eigenvalue weighted by atomic mass is 9.97. The van der Waals surface area contributed by atoms with Crippen molar-refractivity contribution in [3.05, 3.63) is 48.4 Å². The monoisotopic (exact) mass is 526 g/mol. The first kappa shape index (κ1) is 25.3. The molecule has 2 aromatic heterocycles. The Labute approximate surface area is 228 Å². The van der Waals surface area contributed by atoms with E-state index >= 15 is 0 Å². The van der Waals surface area contributed by atoms with Crippen LogP contribution in [0.4, 0.5) is 17.3 Å². The van der Waals surface area contributed by atoms with Crippen LogP contribution in [0.3, 0.4) is 0 Å². The van der Waals surface area contributed by atoms with Gasteiger partial charge in [-0.15, -0.1) is 10.2 Å². The second-order valence-electron chi connectivity index (χ2n) is 10.5. The van der Waals surface area contributed by atoms with Crippen LogP contribution in [0, 0.1) is 11.8 Å². The summed E-state index contributed by atoms with van der Waals surface area (Å²) in [5, 5.41) is 18.7. The fourth-order valence-electron chi connectivity index (χ4n) is 5.72. The molecule has 3 aromatic rings. The molecule has 3 N–H and O–H groups in total. The Kier molecular flexibility index (Phi) is 7.18. The third-order valence-corrected chi connectivity index (χ3v) is 8.00. The van der Waals surface area contributed by atoms with E-state index in [2.05, 4.69) is 48.6 Å². The number of phenolic OH excluding ortho intramolecular Hbond substituents is 1. The van der Waals surface area contributed by atoms with Crippen LogP contribution >= 0.6 is 0 Å². The molecule has 4 saturated heterocycles. The number of ether oxygens (including phenoxy) is 1. The fraction of sp³-hybridized carbons (Fsp3) is 0.448. The van der Waals surface area contributed by atoms with E-state index in [1.807, 2.05) is 24.3 Å². The third-order valence-electron chi connectivity index (χ3n) is 8.00. The van der Waals surface area contributed by atoms with Crippen LogP contribution in [0.25, 0.3) is 11.3 Å².